The minimum absolute atomic E-state index is 0.233. The van der Waals surface area contributed by atoms with Crippen LogP contribution in [0.5, 0.6) is 23.0 Å². The Labute approximate surface area is 116 Å². The second-order valence-corrected chi connectivity index (χ2v) is 4.09. The van der Waals surface area contributed by atoms with Crippen LogP contribution in [-0.2, 0) is 6.54 Å². The molecule has 0 radical (unpaired) electrons. The van der Waals surface area contributed by atoms with Crippen LogP contribution in [0, 0.1) is 5.82 Å². The van der Waals surface area contributed by atoms with Gasteiger partial charge < -0.3 is 19.9 Å². The third-order valence-corrected chi connectivity index (χ3v) is 2.77. The van der Waals surface area contributed by atoms with Crippen LogP contribution >= 0.6 is 0 Å². The third kappa shape index (κ3) is 3.00. The van der Waals surface area contributed by atoms with E-state index in [0.29, 0.717) is 28.6 Å². The molecule has 0 heterocycles. The minimum Gasteiger partial charge on any atom is -0.493 e. The molecule has 0 saturated carbocycles. The Hall–Kier alpha value is -2.27. The Morgan fingerprint density at radius 1 is 1.05 bits per heavy atom. The molecule has 5 heteroatoms. The molecule has 2 aromatic carbocycles. The van der Waals surface area contributed by atoms with Gasteiger partial charge in [-0.25, -0.2) is 4.39 Å². The normalized spacial score (nSPS) is 10.2. The summed E-state index contributed by atoms with van der Waals surface area (Å²) >= 11 is 0. The molecule has 2 N–H and O–H groups in total. The van der Waals surface area contributed by atoms with Gasteiger partial charge in [-0.05, 0) is 29.8 Å². The summed E-state index contributed by atoms with van der Waals surface area (Å²) < 4.78 is 29.6. The fourth-order valence-corrected chi connectivity index (χ4v) is 1.83. The van der Waals surface area contributed by atoms with Crippen molar-refractivity contribution in [2.24, 2.45) is 5.73 Å². The van der Waals surface area contributed by atoms with E-state index in [1.807, 2.05) is 0 Å². The highest BCUT2D eigenvalue weighted by Gasteiger charge is 2.13. The van der Waals surface area contributed by atoms with Gasteiger partial charge in [-0.1, -0.05) is 6.07 Å². The van der Waals surface area contributed by atoms with Crippen LogP contribution in [-0.4, -0.2) is 14.2 Å². The molecule has 0 aliphatic rings. The third-order valence-electron chi connectivity index (χ3n) is 2.77. The van der Waals surface area contributed by atoms with Gasteiger partial charge in [0.15, 0.2) is 11.5 Å². The van der Waals surface area contributed by atoms with E-state index in [1.54, 1.807) is 24.3 Å². The van der Waals surface area contributed by atoms with Crippen LogP contribution in [0.3, 0.4) is 0 Å². The largest absolute Gasteiger partial charge is 0.493 e. The van der Waals surface area contributed by atoms with Crippen molar-refractivity contribution in [3.63, 3.8) is 0 Å². The number of rotatable bonds is 5. The Balaban J connectivity index is 2.41. The van der Waals surface area contributed by atoms with Crippen LogP contribution in [0.25, 0.3) is 0 Å². The van der Waals surface area contributed by atoms with Crippen molar-refractivity contribution in [1.82, 2.24) is 0 Å². The lowest BCUT2D eigenvalue weighted by Crippen LogP contribution is -1.99. The molecule has 0 aromatic heterocycles. The molecule has 0 amide bonds. The second kappa shape index (κ2) is 6.25. The van der Waals surface area contributed by atoms with Gasteiger partial charge >= 0.3 is 0 Å². The monoisotopic (exact) mass is 277 g/mol. The molecule has 0 atom stereocenters. The van der Waals surface area contributed by atoms with Gasteiger partial charge in [0.05, 0.1) is 14.2 Å². The molecule has 106 valence electrons. The molecular formula is C15H16FNO3. The number of nitrogens with two attached hydrogens (primary N) is 1. The van der Waals surface area contributed by atoms with E-state index in [1.165, 1.54) is 26.4 Å². The van der Waals surface area contributed by atoms with E-state index in [-0.39, 0.29) is 6.54 Å². The van der Waals surface area contributed by atoms with Crippen LogP contribution in [0.1, 0.15) is 5.56 Å². The first-order chi connectivity index (χ1) is 9.67. The molecule has 20 heavy (non-hydrogen) atoms. The zero-order valence-corrected chi connectivity index (χ0v) is 11.4. The number of methoxy groups -OCH3 is 2. The van der Waals surface area contributed by atoms with Crippen molar-refractivity contribution in [3.05, 3.63) is 47.8 Å². The molecule has 0 unspecified atom stereocenters. The Morgan fingerprint density at radius 2 is 1.70 bits per heavy atom. The Morgan fingerprint density at radius 3 is 2.25 bits per heavy atom. The fraction of sp³-hybridized carbons (Fsp3) is 0.200. The number of para-hydroxylation sites is 1. The number of ether oxygens (including phenoxy) is 3. The molecule has 0 spiro atoms. The first-order valence-electron chi connectivity index (χ1n) is 6.06. The summed E-state index contributed by atoms with van der Waals surface area (Å²) in [6.07, 6.45) is 0. The first kappa shape index (κ1) is 14.1. The molecule has 0 fully saturated rings. The van der Waals surface area contributed by atoms with Crippen molar-refractivity contribution >= 4 is 0 Å². The molecular weight excluding hydrogens is 261 g/mol. The predicted octanol–water partition coefficient (Wildman–Crippen LogP) is 3.09. The summed E-state index contributed by atoms with van der Waals surface area (Å²) in [6.45, 7) is 0.233. The van der Waals surface area contributed by atoms with Gasteiger partial charge in [0, 0.05) is 12.6 Å². The maximum Gasteiger partial charge on any atom is 0.210 e. The maximum atomic E-state index is 13.5. The first-order valence-corrected chi connectivity index (χ1v) is 6.06. The Bertz CT molecular complexity index is 579. The summed E-state index contributed by atoms with van der Waals surface area (Å²) in [5.74, 6) is 1.34. The van der Waals surface area contributed by atoms with E-state index in [4.69, 9.17) is 19.9 Å². The molecule has 0 aliphatic heterocycles. The van der Waals surface area contributed by atoms with Gasteiger partial charge in [0.25, 0.3) is 0 Å². The minimum atomic E-state index is -0.406. The number of hydrogen-bond acceptors (Lipinski definition) is 4. The van der Waals surface area contributed by atoms with Gasteiger partial charge in [0.1, 0.15) is 11.6 Å². The predicted molar refractivity (Wildman–Crippen MR) is 73.9 cm³/mol. The number of hydrogen-bond donors (Lipinski definition) is 1. The Kier molecular flexibility index (Phi) is 4.42. The van der Waals surface area contributed by atoms with Crippen molar-refractivity contribution in [1.29, 1.82) is 0 Å². The zero-order valence-electron chi connectivity index (χ0n) is 11.4. The summed E-state index contributed by atoms with van der Waals surface area (Å²) in [5.41, 5.74) is 6.17. The molecule has 2 aromatic rings. The lowest BCUT2D eigenvalue weighted by Gasteiger charge is -2.14. The van der Waals surface area contributed by atoms with Gasteiger partial charge in [-0.2, -0.15) is 0 Å². The van der Waals surface area contributed by atoms with Crippen molar-refractivity contribution in [3.8, 4) is 23.0 Å². The van der Waals surface area contributed by atoms with Crippen molar-refractivity contribution < 1.29 is 18.6 Å². The van der Waals surface area contributed by atoms with Crippen LogP contribution in [0.4, 0.5) is 4.39 Å². The lowest BCUT2D eigenvalue weighted by atomic mass is 10.2. The van der Waals surface area contributed by atoms with Gasteiger partial charge in [-0.15, -0.1) is 0 Å². The van der Waals surface area contributed by atoms with Crippen LogP contribution < -0.4 is 19.9 Å². The molecule has 4 nitrogen and oxygen atoms in total. The van der Waals surface area contributed by atoms with E-state index in [2.05, 4.69) is 0 Å². The molecule has 0 bridgehead atoms. The topological polar surface area (TPSA) is 53.7 Å². The summed E-state index contributed by atoms with van der Waals surface area (Å²) in [5, 5.41) is 0. The smallest absolute Gasteiger partial charge is 0.210 e. The van der Waals surface area contributed by atoms with E-state index >= 15 is 0 Å². The fourth-order valence-electron chi connectivity index (χ4n) is 1.83. The number of benzene rings is 2. The average molecular weight is 277 g/mol. The average Bonchev–Trinajstić information content (AvgIpc) is 2.46. The van der Waals surface area contributed by atoms with E-state index in [9.17, 15) is 4.39 Å². The molecule has 0 aliphatic carbocycles. The SMILES string of the molecule is COc1cccc(OC)c1Oc1cc(F)cc(CN)c1. The van der Waals surface area contributed by atoms with Crippen LogP contribution in [0.2, 0.25) is 0 Å². The van der Waals surface area contributed by atoms with Crippen LogP contribution in [0.15, 0.2) is 36.4 Å². The number of halogens is 1. The quantitative estimate of drug-likeness (QED) is 0.912. The second-order valence-electron chi connectivity index (χ2n) is 4.09. The molecule has 2 rings (SSSR count). The standard InChI is InChI=1S/C15H16FNO3/c1-18-13-4-3-5-14(19-2)15(13)20-12-7-10(9-17)6-11(16)8-12/h3-8H,9,17H2,1-2H3. The van der Waals surface area contributed by atoms with Crippen molar-refractivity contribution in [2.45, 2.75) is 6.54 Å². The maximum absolute atomic E-state index is 13.5. The summed E-state index contributed by atoms with van der Waals surface area (Å²) in [7, 11) is 3.05. The van der Waals surface area contributed by atoms with Gasteiger partial charge in [0.2, 0.25) is 5.75 Å². The summed E-state index contributed by atoms with van der Waals surface area (Å²) in [4.78, 5) is 0. The lowest BCUT2D eigenvalue weighted by molar-refractivity contribution is 0.345. The van der Waals surface area contributed by atoms with Crippen molar-refractivity contribution in [2.75, 3.05) is 14.2 Å². The van der Waals surface area contributed by atoms with Gasteiger partial charge in [-0.3, -0.25) is 0 Å². The van der Waals surface area contributed by atoms with E-state index < -0.39 is 5.82 Å². The highest BCUT2D eigenvalue weighted by atomic mass is 19.1. The highest BCUT2D eigenvalue weighted by molar-refractivity contribution is 5.53. The molecule has 0 saturated heterocycles. The summed E-state index contributed by atoms with van der Waals surface area (Å²) in [6, 6.07) is 9.58. The zero-order chi connectivity index (χ0) is 14.5. The van der Waals surface area contributed by atoms with E-state index in [0.717, 1.165) is 0 Å². The highest BCUT2D eigenvalue weighted by Crippen LogP contribution is 2.40.